The van der Waals surface area contributed by atoms with Crippen LogP contribution in [0.2, 0.25) is 0 Å². The molecule has 27 heavy (non-hydrogen) atoms. The predicted octanol–water partition coefficient (Wildman–Crippen LogP) is 4.03. The third kappa shape index (κ3) is 3.76. The zero-order chi connectivity index (χ0) is 19.6. The van der Waals surface area contributed by atoms with Crippen LogP contribution in [0.15, 0.2) is 35.3 Å². The summed E-state index contributed by atoms with van der Waals surface area (Å²) in [5.74, 6) is 1.46. The summed E-state index contributed by atoms with van der Waals surface area (Å²) >= 11 is 1.53. The van der Waals surface area contributed by atoms with Crippen LogP contribution in [0.3, 0.4) is 0 Å². The Bertz CT molecular complexity index is 1060. The van der Waals surface area contributed by atoms with Gasteiger partial charge in [0.15, 0.2) is 4.80 Å². The van der Waals surface area contributed by atoms with E-state index in [1.807, 2.05) is 48.7 Å². The number of fused-ring (bicyclic) bond motifs is 1. The van der Waals surface area contributed by atoms with Crippen molar-refractivity contribution in [2.45, 2.75) is 33.7 Å². The molecule has 6 heteroatoms. The van der Waals surface area contributed by atoms with E-state index in [4.69, 9.17) is 9.47 Å². The van der Waals surface area contributed by atoms with Crippen LogP contribution in [-0.2, 0) is 17.8 Å². The van der Waals surface area contributed by atoms with Crippen LogP contribution >= 0.6 is 11.3 Å². The number of benzene rings is 2. The Morgan fingerprint density at radius 2 is 1.78 bits per heavy atom. The third-order valence-corrected chi connectivity index (χ3v) is 5.77. The molecule has 5 nitrogen and oxygen atoms in total. The largest absolute Gasteiger partial charge is 0.496 e. The maximum atomic E-state index is 12.6. The Labute approximate surface area is 162 Å². The molecule has 0 aliphatic heterocycles. The molecule has 0 saturated carbocycles. The molecular formula is C21H24N2O3S. The topological polar surface area (TPSA) is 52.8 Å². The molecule has 0 aliphatic rings. The molecule has 0 bridgehead atoms. The van der Waals surface area contributed by atoms with Gasteiger partial charge in [-0.25, -0.2) is 0 Å². The highest BCUT2D eigenvalue weighted by Gasteiger charge is 2.13. The number of aryl methyl sites for hydroxylation is 3. The molecule has 1 aromatic heterocycles. The first kappa shape index (κ1) is 19.2. The molecule has 1 amide bonds. The second-order valence-electron chi connectivity index (χ2n) is 6.38. The predicted molar refractivity (Wildman–Crippen MR) is 109 cm³/mol. The van der Waals surface area contributed by atoms with E-state index in [1.54, 1.807) is 14.2 Å². The lowest BCUT2D eigenvalue weighted by Crippen LogP contribution is -2.16. The number of thiazole rings is 1. The number of hydrogen-bond acceptors (Lipinski definition) is 4. The molecule has 0 fully saturated rings. The van der Waals surface area contributed by atoms with Crippen LogP contribution in [-0.4, -0.2) is 24.7 Å². The van der Waals surface area contributed by atoms with Crippen LogP contribution in [0.5, 0.6) is 11.5 Å². The highest BCUT2D eigenvalue weighted by molar-refractivity contribution is 7.16. The van der Waals surface area contributed by atoms with Gasteiger partial charge in [0.1, 0.15) is 17.0 Å². The third-order valence-electron chi connectivity index (χ3n) is 4.56. The van der Waals surface area contributed by atoms with Crippen LogP contribution < -0.4 is 14.3 Å². The molecule has 0 spiro atoms. The summed E-state index contributed by atoms with van der Waals surface area (Å²) in [5.41, 5.74) is 4.09. The van der Waals surface area contributed by atoms with Crippen molar-refractivity contribution in [1.29, 1.82) is 0 Å². The lowest BCUT2D eigenvalue weighted by Gasteiger charge is -2.07. The maximum absolute atomic E-state index is 12.6. The maximum Gasteiger partial charge on any atom is 0.252 e. The normalized spacial score (nSPS) is 11.8. The molecule has 1 heterocycles. The molecule has 142 valence electrons. The first-order chi connectivity index (χ1) is 13.0. The SMILES string of the molecule is CCn1c(=NC(=O)Cc2ccc(OC)c(C)c2)sc2c(C)ccc(OC)c21. The number of carbonyl (C=O) groups is 1. The van der Waals surface area contributed by atoms with Gasteiger partial charge in [-0.05, 0) is 49.6 Å². The van der Waals surface area contributed by atoms with Gasteiger partial charge in [0.25, 0.3) is 5.91 Å². The zero-order valence-corrected chi connectivity index (χ0v) is 17.1. The molecule has 0 atom stereocenters. The van der Waals surface area contributed by atoms with Gasteiger partial charge in [-0.1, -0.05) is 29.5 Å². The number of methoxy groups -OCH3 is 2. The van der Waals surface area contributed by atoms with Gasteiger partial charge >= 0.3 is 0 Å². The number of rotatable bonds is 5. The van der Waals surface area contributed by atoms with Crippen molar-refractivity contribution in [1.82, 2.24) is 4.57 Å². The summed E-state index contributed by atoms with van der Waals surface area (Å²) < 4.78 is 13.9. The van der Waals surface area contributed by atoms with E-state index < -0.39 is 0 Å². The number of carbonyl (C=O) groups excluding carboxylic acids is 1. The van der Waals surface area contributed by atoms with Crippen molar-refractivity contribution in [2.75, 3.05) is 14.2 Å². The quantitative estimate of drug-likeness (QED) is 0.667. The summed E-state index contributed by atoms with van der Waals surface area (Å²) in [7, 11) is 3.31. The van der Waals surface area contributed by atoms with Gasteiger partial charge in [0, 0.05) is 6.54 Å². The Hall–Kier alpha value is -2.60. The van der Waals surface area contributed by atoms with Gasteiger partial charge in [0.05, 0.1) is 25.3 Å². The molecule has 0 unspecified atom stereocenters. The number of ether oxygens (including phenoxy) is 2. The van der Waals surface area contributed by atoms with E-state index in [-0.39, 0.29) is 12.3 Å². The molecule has 0 saturated heterocycles. The lowest BCUT2D eigenvalue weighted by atomic mass is 10.1. The average molecular weight is 385 g/mol. The lowest BCUT2D eigenvalue weighted by molar-refractivity contribution is -0.117. The van der Waals surface area contributed by atoms with Gasteiger partial charge in [-0.2, -0.15) is 4.99 Å². The van der Waals surface area contributed by atoms with Crippen molar-refractivity contribution in [2.24, 2.45) is 4.99 Å². The second kappa shape index (κ2) is 7.96. The van der Waals surface area contributed by atoms with Crippen molar-refractivity contribution >= 4 is 27.5 Å². The number of amides is 1. The highest BCUT2D eigenvalue weighted by Crippen LogP contribution is 2.30. The Morgan fingerprint density at radius 1 is 1.07 bits per heavy atom. The zero-order valence-electron chi connectivity index (χ0n) is 16.3. The van der Waals surface area contributed by atoms with Gasteiger partial charge < -0.3 is 14.0 Å². The molecule has 3 aromatic rings. The fourth-order valence-corrected chi connectivity index (χ4v) is 4.39. The Kier molecular flexibility index (Phi) is 5.65. The second-order valence-corrected chi connectivity index (χ2v) is 7.36. The first-order valence-electron chi connectivity index (χ1n) is 8.86. The van der Waals surface area contributed by atoms with Crippen molar-refractivity contribution in [3.63, 3.8) is 0 Å². The molecule has 3 rings (SSSR count). The van der Waals surface area contributed by atoms with E-state index in [2.05, 4.69) is 11.9 Å². The van der Waals surface area contributed by atoms with E-state index in [0.717, 1.165) is 38.4 Å². The van der Waals surface area contributed by atoms with Gasteiger partial charge in [0.2, 0.25) is 0 Å². The molecule has 0 N–H and O–H groups in total. The van der Waals surface area contributed by atoms with Crippen molar-refractivity contribution in [3.05, 3.63) is 51.8 Å². The summed E-state index contributed by atoms with van der Waals surface area (Å²) in [6, 6.07) is 9.76. The minimum Gasteiger partial charge on any atom is -0.496 e. The summed E-state index contributed by atoms with van der Waals surface area (Å²) in [6.07, 6.45) is 0.263. The van der Waals surface area contributed by atoms with E-state index >= 15 is 0 Å². The smallest absolute Gasteiger partial charge is 0.252 e. The Morgan fingerprint density at radius 3 is 2.41 bits per heavy atom. The highest BCUT2D eigenvalue weighted by atomic mass is 32.1. The fraction of sp³-hybridized carbons (Fsp3) is 0.333. The van der Waals surface area contributed by atoms with E-state index in [9.17, 15) is 4.79 Å². The minimum atomic E-state index is -0.162. The van der Waals surface area contributed by atoms with Crippen molar-refractivity contribution in [3.8, 4) is 11.5 Å². The van der Waals surface area contributed by atoms with Crippen LogP contribution in [0.4, 0.5) is 0 Å². The minimum absolute atomic E-state index is 0.162. The van der Waals surface area contributed by atoms with Crippen LogP contribution in [0.25, 0.3) is 10.2 Å². The Balaban J connectivity index is 2.01. The molecule has 0 radical (unpaired) electrons. The number of nitrogens with zero attached hydrogens (tertiary/aromatic N) is 2. The summed E-state index contributed by atoms with van der Waals surface area (Å²) in [4.78, 5) is 17.7. The molecule has 0 aliphatic carbocycles. The van der Waals surface area contributed by atoms with Crippen LogP contribution in [0, 0.1) is 13.8 Å². The molecular weight excluding hydrogens is 360 g/mol. The summed E-state index contributed by atoms with van der Waals surface area (Å²) in [5, 5.41) is 0. The van der Waals surface area contributed by atoms with E-state index in [1.165, 1.54) is 11.3 Å². The van der Waals surface area contributed by atoms with E-state index in [0.29, 0.717) is 11.3 Å². The monoisotopic (exact) mass is 384 g/mol. The molecule has 2 aromatic carbocycles. The van der Waals surface area contributed by atoms with Gasteiger partial charge in [-0.3, -0.25) is 4.79 Å². The number of aromatic nitrogens is 1. The number of hydrogen-bond donors (Lipinski definition) is 0. The first-order valence-corrected chi connectivity index (χ1v) is 9.68. The standard InChI is InChI=1S/C21H24N2O3S/c1-6-23-19-17(26-5)9-7-13(2)20(19)27-21(23)22-18(24)12-15-8-10-16(25-4)14(3)11-15/h7-11H,6,12H2,1-5H3. The summed E-state index contributed by atoms with van der Waals surface area (Å²) in [6.45, 7) is 6.79. The average Bonchev–Trinajstić information content (AvgIpc) is 3.01. The van der Waals surface area contributed by atoms with Crippen molar-refractivity contribution < 1.29 is 14.3 Å². The van der Waals surface area contributed by atoms with Gasteiger partial charge in [-0.15, -0.1) is 0 Å². The fourth-order valence-electron chi connectivity index (χ4n) is 3.19. The van der Waals surface area contributed by atoms with Crippen LogP contribution in [0.1, 0.15) is 23.6 Å².